The fourth-order valence-corrected chi connectivity index (χ4v) is 3.54. The van der Waals surface area contributed by atoms with Crippen LogP contribution in [-0.4, -0.2) is 29.1 Å². The van der Waals surface area contributed by atoms with Gasteiger partial charge in [0.1, 0.15) is 0 Å². The van der Waals surface area contributed by atoms with E-state index in [1.807, 2.05) is 0 Å². The van der Waals surface area contributed by atoms with Crippen molar-refractivity contribution >= 4 is 0 Å². The summed E-state index contributed by atoms with van der Waals surface area (Å²) in [7, 11) is 0. The van der Waals surface area contributed by atoms with E-state index in [4.69, 9.17) is 0 Å². The second kappa shape index (κ2) is 6.50. The Balaban J connectivity index is 2.27. The molecule has 0 radical (unpaired) electrons. The summed E-state index contributed by atoms with van der Waals surface area (Å²) in [4.78, 5) is 2.75. The highest BCUT2D eigenvalue weighted by atomic mass is 15.3. The number of nitrogens with one attached hydrogen (secondary N) is 1. The number of hydrogen-bond donors (Lipinski definition) is 1. The maximum absolute atomic E-state index is 3.83. The van der Waals surface area contributed by atoms with Crippen molar-refractivity contribution in [2.45, 2.75) is 71.5 Å². The molecule has 1 aromatic carbocycles. The molecule has 2 rings (SSSR count). The van der Waals surface area contributed by atoms with E-state index in [2.05, 4.69) is 69.1 Å². The van der Waals surface area contributed by atoms with Crippen LogP contribution in [0.3, 0.4) is 0 Å². The van der Waals surface area contributed by atoms with Crippen molar-refractivity contribution < 1.29 is 0 Å². The maximum Gasteiger partial charge on any atom is 0.0333 e. The average Bonchev–Trinajstić information content (AvgIpc) is 2.51. The lowest BCUT2D eigenvalue weighted by molar-refractivity contribution is -0.00419. The van der Waals surface area contributed by atoms with Crippen molar-refractivity contribution in [2.75, 3.05) is 13.1 Å². The first-order valence-corrected chi connectivity index (χ1v) is 8.53. The average molecular weight is 288 g/mol. The number of piperazine rings is 1. The first kappa shape index (κ1) is 16.5. The molecular weight excluding hydrogens is 256 g/mol. The number of rotatable bonds is 5. The van der Waals surface area contributed by atoms with Gasteiger partial charge in [-0.05, 0) is 44.2 Å². The van der Waals surface area contributed by atoms with E-state index in [-0.39, 0.29) is 5.54 Å². The Hall–Kier alpha value is -0.860. The Morgan fingerprint density at radius 1 is 1.10 bits per heavy atom. The second-order valence-electron chi connectivity index (χ2n) is 6.98. The van der Waals surface area contributed by atoms with Gasteiger partial charge in [0, 0.05) is 30.7 Å². The number of nitrogens with zero attached hydrogens (tertiary/aromatic N) is 1. The topological polar surface area (TPSA) is 15.3 Å². The molecule has 0 spiro atoms. The van der Waals surface area contributed by atoms with Crippen molar-refractivity contribution in [1.29, 1.82) is 0 Å². The molecule has 0 amide bonds. The van der Waals surface area contributed by atoms with Gasteiger partial charge >= 0.3 is 0 Å². The zero-order chi connectivity index (χ0) is 15.5. The molecule has 0 aromatic heterocycles. The lowest BCUT2D eigenvalue weighted by Crippen LogP contribution is -2.68. The molecule has 0 saturated carbocycles. The molecule has 1 aromatic rings. The Morgan fingerprint density at radius 3 is 2.33 bits per heavy atom. The molecule has 1 atom stereocenters. The monoisotopic (exact) mass is 288 g/mol. The lowest BCUT2D eigenvalue weighted by atomic mass is 9.82. The number of aryl methyl sites for hydroxylation is 1. The summed E-state index contributed by atoms with van der Waals surface area (Å²) < 4.78 is 0. The van der Waals surface area contributed by atoms with E-state index in [1.165, 1.54) is 30.4 Å². The van der Waals surface area contributed by atoms with Gasteiger partial charge in [-0.15, -0.1) is 0 Å². The van der Waals surface area contributed by atoms with Crippen LogP contribution in [0, 0.1) is 6.92 Å². The molecule has 0 aliphatic carbocycles. The highest BCUT2D eigenvalue weighted by Gasteiger charge is 2.42. The normalized spacial score (nSPS) is 26.0. The highest BCUT2D eigenvalue weighted by molar-refractivity contribution is 5.26. The minimum Gasteiger partial charge on any atom is -0.308 e. The van der Waals surface area contributed by atoms with Gasteiger partial charge in [0.2, 0.25) is 0 Å². The van der Waals surface area contributed by atoms with Crippen LogP contribution in [0.4, 0.5) is 0 Å². The third kappa shape index (κ3) is 3.32. The van der Waals surface area contributed by atoms with Crippen molar-refractivity contribution in [3.63, 3.8) is 0 Å². The molecule has 1 fully saturated rings. The molecule has 1 aliphatic heterocycles. The predicted molar refractivity (Wildman–Crippen MR) is 91.6 cm³/mol. The van der Waals surface area contributed by atoms with Crippen LogP contribution in [0.25, 0.3) is 0 Å². The molecule has 0 bridgehead atoms. The van der Waals surface area contributed by atoms with E-state index in [0.29, 0.717) is 5.54 Å². The van der Waals surface area contributed by atoms with E-state index >= 15 is 0 Å². The van der Waals surface area contributed by atoms with Gasteiger partial charge in [0.15, 0.2) is 0 Å². The summed E-state index contributed by atoms with van der Waals surface area (Å²) in [5.41, 5.74) is 3.44. The van der Waals surface area contributed by atoms with Crippen LogP contribution < -0.4 is 5.32 Å². The molecule has 2 heteroatoms. The molecule has 2 nitrogen and oxygen atoms in total. The van der Waals surface area contributed by atoms with Crippen LogP contribution in [0.2, 0.25) is 0 Å². The lowest BCUT2D eigenvalue weighted by Gasteiger charge is -2.53. The van der Waals surface area contributed by atoms with Crippen LogP contribution >= 0.6 is 0 Å². The predicted octanol–water partition coefficient (Wildman–Crippen LogP) is 4.13. The van der Waals surface area contributed by atoms with E-state index in [0.717, 1.165) is 19.6 Å². The summed E-state index contributed by atoms with van der Waals surface area (Å²) >= 11 is 0. The minimum atomic E-state index is 0.247. The van der Waals surface area contributed by atoms with Gasteiger partial charge in [-0.2, -0.15) is 0 Å². The largest absolute Gasteiger partial charge is 0.308 e. The molecule has 1 aliphatic rings. The van der Waals surface area contributed by atoms with Gasteiger partial charge in [0.05, 0.1) is 0 Å². The Morgan fingerprint density at radius 2 is 1.76 bits per heavy atom. The van der Waals surface area contributed by atoms with Crippen molar-refractivity contribution in [1.82, 2.24) is 10.2 Å². The van der Waals surface area contributed by atoms with Crippen molar-refractivity contribution in [3.8, 4) is 0 Å². The fourth-order valence-electron chi connectivity index (χ4n) is 3.54. The van der Waals surface area contributed by atoms with Crippen LogP contribution in [-0.2, 0) is 6.54 Å². The fraction of sp³-hybridized carbons (Fsp3) is 0.684. The van der Waals surface area contributed by atoms with Gasteiger partial charge in [-0.1, -0.05) is 45.0 Å². The summed E-state index contributed by atoms with van der Waals surface area (Å²) in [6.45, 7) is 14.9. The first-order valence-electron chi connectivity index (χ1n) is 8.53. The molecule has 1 unspecified atom stereocenters. The van der Waals surface area contributed by atoms with Crippen molar-refractivity contribution in [2.24, 2.45) is 0 Å². The zero-order valence-corrected chi connectivity index (χ0v) is 14.5. The molecule has 1 heterocycles. The number of hydrogen-bond acceptors (Lipinski definition) is 2. The standard InChI is InChI=1S/C19H32N2/c1-6-18(5)15-21(19(7-2,8-3)14-20-18)13-17-12-10-9-11-16(17)4/h9-12,20H,6-8,13-15H2,1-5H3. The molecular formula is C19H32N2. The first-order chi connectivity index (χ1) is 9.98. The zero-order valence-electron chi connectivity index (χ0n) is 14.5. The quantitative estimate of drug-likeness (QED) is 0.876. The summed E-state index contributed by atoms with van der Waals surface area (Å²) in [6, 6.07) is 8.83. The third-order valence-corrected chi connectivity index (χ3v) is 5.77. The SMILES string of the molecule is CCC1(C)CN(Cc2ccccc2C)C(CC)(CC)CN1. The second-order valence-corrected chi connectivity index (χ2v) is 6.98. The highest BCUT2D eigenvalue weighted by Crippen LogP contribution is 2.33. The summed E-state index contributed by atoms with van der Waals surface area (Å²) in [6.07, 6.45) is 3.60. The van der Waals surface area contributed by atoms with E-state index < -0.39 is 0 Å². The molecule has 21 heavy (non-hydrogen) atoms. The minimum absolute atomic E-state index is 0.247. The van der Waals surface area contributed by atoms with Crippen molar-refractivity contribution in [3.05, 3.63) is 35.4 Å². The smallest absolute Gasteiger partial charge is 0.0333 e. The van der Waals surface area contributed by atoms with Crippen LogP contribution in [0.5, 0.6) is 0 Å². The Bertz CT molecular complexity index is 464. The molecule has 118 valence electrons. The van der Waals surface area contributed by atoms with E-state index in [9.17, 15) is 0 Å². The summed E-state index contributed by atoms with van der Waals surface area (Å²) in [5, 5.41) is 3.83. The third-order valence-electron chi connectivity index (χ3n) is 5.77. The van der Waals surface area contributed by atoms with Crippen LogP contribution in [0.15, 0.2) is 24.3 Å². The van der Waals surface area contributed by atoms with Gasteiger partial charge < -0.3 is 5.32 Å². The maximum atomic E-state index is 3.83. The Labute approximate surface area is 130 Å². The van der Waals surface area contributed by atoms with Crippen LogP contribution in [0.1, 0.15) is 58.1 Å². The summed E-state index contributed by atoms with van der Waals surface area (Å²) in [5.74, 6) is 0. The van der Waals surface area contributed by atoms with Gasteiger partial charge in [-0.3, -0.25) is 4.90 Å². The van der Waals surface area contributed by atoms with E-state index in [1.54, 1.807) is 0 Å². The van der Waals surface area contributed by atoms with Gasteiger partial charge in [-0.25, -0.2) is 0 Å². The number of benzene rings is 1. The molecule has 1 N–H and O–H groups in total. The molecule has 1 saturated heterocycles. The Kier molecular flexibility index (Phi) is 5.11. The van der Waals surface area contributed by atoms with Gasteiger partial charge in [0.25, 0.3) is 0 Å².